The van der Waals surface area contributed by atoms with Gasteiger partial charge in [-0.2, -0.15) is 0 Å². The minimum atomic E-state index is -4.38. The number of hydrogen-bond donors (Lipinski definition) is 1. The van der Waals surface area contributed by atoms with Crippen molar-refractivity contribution in [1.29, 1.82) is 0 Å². The van der Waals surface area contributed by atoms with Crippen molar-refractivity contribution in [3.05, 3.63) is 54.5 Å². The molecule has 3 aromatic heterocycles. The minimum absolute atomic E-state index is 0.0139. The summed E-state index contributed by atoms with van der Waals surface area (Å²) in [5, 5.41) is 0.939. The summed E-state index contributed by atoms with van der Waals surface area (Å²) in [6, 6.07) is 5.83. The number of rotatable bonds is 6. The van der Waals surface area contributed by atoms with Gasteiger partial charge in [-0.1, -0.05) is 6.42 Å². The van der Waals surface area contributed by atoms with Gasteiger partial charge in [-0.3, -0.25) is 4.72 Å². The molecule has 2 unspecified atom stereocenters. The van der Waals surface area contributed by atoms with Gasteiger partial charge in [-0.05, 0) is 48.9 Å². The number of halogens is 2. The summed E-state index contributed by atoms with van der Waals surface area (Å²) in [7, 11) is -3.03. The Morgan fingerprint density at radius 3 is 2.59 bits per heavy atom. The summed E-state index contributed by atoms with van der Waals surface area (Å²) >= 11 is 1.45. The van der Waals surface area contributed by atoms with Gasteiger partial charge in [-0.25, -0.2) is 32.2 Å². The molecule has 37 heavy (non-hydrogen) atoms. The lowest BCUT2D eigenvalue weighted by atomic mass is 10.0. The molecular weight excluding hydrogens is 520 g/mol. The fraction of sp³-hybridized carbons (Fsp3) is 0.320. The molecule has 2 aliphatic rings. The van der Waals surface area contributed by atoms with Gasteiger partial charge in [0.15, 0.2) is 0 Å². The first-order valence-electron chi connectivity index (χ1n) is 11.8. The molecule has 0 amide bonds. The first-order chi connectivity index (χ1) is 17.8. The number of fused-ring (bicyclic) bond motifs is 2. The molecule has 6 rings (SSSR count). The summed E-state index contributed by atoms with van der Waals surface area (Å²) in [4.78, 5) is 16.6. The Kier molecular flexibility index (Phi) is 5.95. The second-order valence-corrected chi connectivity index (χ2v) is 12.0. The lowest BCUT2D eigenvalue weighted by molar-refractivity contribution is 0.400. The zero-order valence-corrected chi connectivity index (χ0v) is 21.5. The molecule has 4 heterocycles. The van der Waals surface area contributed by atoms with Crippen LogP contribution < -0.4 is 14.4 Å². The summed E-state index contributed by atoms with van der Waals surface area (Å²) in [5.41, 5.74) is 0.658. The molecule has 0 bridgehead atoms. The fourth-order valence-electron chi connectivity index (χ4n) is 5.36. The Morgan fingerprint density at radius 2 is 1.86 bits per heavy atom. The fourth-order valence-corrected chi connectivity index (χ4v) is 7.44. The number of sulfonamides is 1. The third-order valence-corrected chi connectivity index (χ3v) is 9.58. The van der Waals surface area contributed by atoms with Crippen LogP contribution in [0.3, 0.4) is 0 Å². The van der Waals surface area contributed by atoms with Gasteiger partial charge in [-0.15, -0.1) is 11.3 Å². The number of thiophene rings is 1. The number of aromatic nitrogens is 3. The Hall–Kier alpha value is -3.38. The average molecular weight is 544 g/mol. The third-order valence-electron chi connectivity index (χ3n) is 7.09. The number of pyridine rings is 1. The molecule has 1 aliphatic carbocycles. The number of ether oxygens (including phenoxy) is 1. The zero-order valence-electron chi connectivity index (χ0n) is 19.8. The molecule has 1 saturated carbocycles. The number of anilines is 2. The van der Waals surface area contributed by atoms with Crippen molar-refractivity contribution in [2.24, 2.45) is 11.8 Å². The van der Waals surface area contributed by atoms with Crippen molar-refractivity contribution in [1.82, 2.24) is 15.0 Å². The lowest BCUT2D eigenvalue weighted by Gasteiger charge is -2.18. The van der Waals surface area contributed by atoms with Crippen LogP contribution in [-0.4, -0.2) is 43.6 Å². The zero-order chi connectivity index (χ0) is 25.7. The molecule has 192 valence electrons. The van der Waals surface area contributed by atoms with Crippen molar-refractivity contribution >= 4 is 43.1 Å². The van der Waals surface area contributed by atoms with Crippen LogP contribution in [0.2, 0.25) is 0 Å². The maximum absolute atomic E-state index is 14.2. The molecule has 0 radical (unpaired) electrons. The van der Waals surface area contributed by atoms with Gasteiger partial charge in [0.05, 0.1) is 12.5 Å². The highest BCUT2D eigenvalue weighted by atomic mass is 32.2. The van der Waals surface area contributed by atoms with Crippen LogP contribution in [0.4, 0.5) is 20.3 Å². The van der Waals surface area contributed by atoms with E-state index in [1.807, 2.05) is 6.07 Å². The summed E-state index contributed by atoms with van der Waals surface area (Å²) < 4.78 is 60.8. The van der Waals surface area contributed by atoms with Crippen molar-refractivity contribution in [2.45, 2.75) is 24.2 Å². The van der Waals surface area contributed by atoms with Crippen LogP contribution in [-0.2, 0) is 10.0 Å². The summed E-state index contributed by atoms with van der Waals surface area (Å²) in [6.45, 7) is 2.00. The second-order valence-electron chi connectivity index (χ2n) is 9.34. The highest BCUT2D eigenvalue weighted by Gasteiger charge is 2.37. The molecule has 1 aliphatic heterocycles. The van der Waals surface area contributed by atoms with Gasteiger partial charge < -0.3 is 9.64 Å². The summed E-state index contributed by atoms with van der Waals surface area (Å²) in [5.74, 6) is 0.293. The topological polar surface area (TPSA) is 97.3 Å². The van der Waals surface area contributed by atoms with E-state index in [9.17, 15) is 17.2 Å². The van der Waals surface area contributed by atoms with E-state index in [4.69, 9.17) is 4.74 Å². The van der Waals surface area contributed by atoms with Crippen LogP contribution >= 0.6 is 11.3 Å². The quantitative estimate of drug-likeness (QED) is 0.362. The van der Waals surface area contributed by atoms with Crippen LogP contribution in [0.15, 0.2) is 47.8 Å². The third kappa shape index (κ3) is 4.37. The van der Waals surface area contributed by atoms with Crippen molar-refractivity contribution < 1.29 is 21.9 Å². The Balaban J connectivity index is 1.35. The van der Waals surface area contributed by atoms with E-state index in [0.29, 0.717) is 11.6 Å². The van der Waals surface area contributed by atoms with E-state index in [-0.39, 0.29) is 11.6 Å². The van der Waals surface area contributed by atoms with Crippen LogP contribution in [0.5, 0.6) is 5.88 Å². The van der Waals surface area contributed by atoms with E-state index < -0.39 is 26.6 Å². The number of nitrogens with zero attached hydrogens (tertiary/aromatic N) is 4. The molecule has 2 atom stereocenters. The predicted octanol–water partition coefficient (Wildman–Crippen LogP) is 5.08. The second kappa shape index (κ2) is 9.18. The lowest BCUT2D eigenvalue weighted by Crippen LogP contribution is -2.22. The SMILES string of the molecule is COc1ncc(-c2cc3c(N4CC5CCCC5C4)ncnc3s2)cc1NS(=O)(=O)c1ccc(F)cc1F. The van der Waals surface area contributed by atoms with Crippen molar-refractivity contribution in [3.63, 3.8) is 0 Å². The number of methoxy groups -OCH3 is 1. The van der Waals surface area contributed by atoms with Gasteiger partial charge in [0.1, 0.15) is 39.2 Å². The monoisotopic (exact) mass is 543 g/mol. The standard InChI is InChI=1S/C25H23F2N5O3S2/c1-35-24-20(31-37(33,34)22-6-5-17(26)8-19(22)27)7-16(10-28-24)21-9-18-23(29-13-30-25(18)36-21)32-11-14-3-2-4-15(14)12-32/h5-10,13-15,31H,2-4,11-12H2,1H3. The Morgan fingerprint density at radius 1 is 1.08 bits per heavy atom. The van der Waals surface area contributed by atoms with Gasteiger partial charge >= 0.3 is 0 Å². The van der Waals surface area contributed by atoms with E-state index in [1.54, 1.807) is 18.6 Å². The summed E-state index contributed by atoms with van der Waals surface area (Å²) in [6.07, 6.45) is 6.99. The molecule has 8 nitrogen and oxygen atoms in total. The largest absolute Gasteiger partial charge is 0.480 e. The molecule has 1 N–H and O–H groups in total. The van der Waals surface area contributed by atoms with Gasteiger partial charge in [0, 0.05) is 35.8 Å². The van der Waals surface area contributed by atoms with Crippen LogP contribution in [0, 0.1) is 23.5 Å². The number of hydrogen-bond acceptors (Lipinski definition) is 8. The Bertz CT molecular complexity index is 1600. The molecule has 2 fully saturated rings. The first-order valence-corrected chi connectivity index (χ1v) is 14.1. The predicted molar refractivity (Wildman–Crippen MR) is 137 cm³/mol. The maximum atomic E-state index is 14.2. The highest BCUT2D eigenvalue weighted by Crippen LogP contribution is 2.43. The van der Waals surface area contributed by atoms with E-state index in [1.165, 1.54) is 37.7 Å². The highest BCUT2D eigenvalue weighted by molar-refractivity contribution is 7.92. The molecular formula is C25H23F2N5O3S2. The first kappa shape index (κ1) is 24.0. The van der Waals surface area contributed by atoms with Crippen molar-refractivity contribution in [2.75, 3.05) is 29.8 Å². The normalized spacial score (nSPS) is 19.4. The van der Waals surface area contributed by atoms with E-state index in [0.717, 1.165) is 58.0 Å². The van der Waals surface area contributed by atoms with E-state index in [2.05, 4.69) is 24.6 Å². The van der Waals surface area contributed by atoms with E-state index >= 15 is 0 Å². The molecule has 1 saturated heterocycles. The number of nitrogens with one attached hydrogen (secondary N) is 1. The maximum Gasteiger partial charge on any atom is 0.264 e. The van der Waals surface area contributed by atoms with Crippen LogP contribution in [0.25, 0.3) is 20.7 Å². The molecule has 0 spiro atoms. The van der Waals surface area contributed by atoms with Gasteiger partial charge in [0.25, 0.3) is 10.0 Å². The minimum Gasteiger partial charge on any atom is -0.480 e. The molecule has 4 aromatic rings. The molecule has 12 heteroatoms. The molecule has 1 aromatic carbocycles. The average Bonchev–Trinajstić information content (AvgIpc) is 3.58. The van der Waals surface area contributed by atoms with Gasteiger partial charge in [0.2, 0.25) is 5.88 Å². The van der Waals surface area contributed by atoms with Crippen LogP contribution in [0.1, 0.15) is 19.3 Å². The van der Waals surface area contributed by atoms with Crippen molar-refractivity contribution in [3.8, 4) is 16.3 Å². The number of benzene rings is 1. The smallest absolute Gasteiger partial charge is 0.264 e. The Labute approximate surface area is 216 Å².